The Labute approximate surface area is 240 Å². The second-order valence-corrected chi connectivity index (χ2v) is 10.3. The summed E-state index contributed by atoms with van der Waals surface area (Å²) in [6.45, 7) is -8.00. The number of methoxy groups -OCH3 is 1. The molecule has 0 unspecified atom stereocenters. The molecule has 41 heavy (non-hydrogen) atoms. The van der Waals surface area contributed by atoms with Gasteiger partial charge in [-0.1, -0.05) is 0 Å². The Morgan fingerprint density at radius 2 is 2.07 bits per heavy atom. The van der Waals surface area contributed by atoms with E-state index in [9.17, 15) is 27.2 Å². The largest absolute Gasteiger partial charge is 0.382 e. The number of nitrogens with zero attached hydrogens (tertiary/aromatic N) is 6. The van der Waals surface area contributed by atoms with Gasteiger partial charge in [-0.2, -0.15) is 10.2 Å². The van der Waals surface area contributed by atoms with Gasteiger partial charge >= 0.3 is 6.03 Å². The molecule has 1 saturated carbocycles. The van der Waals surface area contributed by atoms with Crippen LogP contribution in [0.3, 0.4) is 0 Å². The van der Waals surface area contributed by atoms with Crippen LogP contribution in [0.5, 0.6) is 0 Å². The molecule has 0 radical (unpaired) electrons. The van der Waals surface area contributed by atoms with Crippen LogP contribution in [-0.2, 0) is 11.2 Å². The van der Waals surface area contributed by atoms with Crippen LogP contribution in [0, 0.1) is 5.92 Å². The van der Waals surface area contributed by atoms with Gasteiger partial charge in [0.25, 0.3) is 11.8 Å². The van der Waals surface area contributed by atoms with E-state index in [1.807, 2.05) is 0 Å². The van der Waals surface area contributed by atoms with E-state index in [1.54, 1.807) is 0 Å². The second-order valence-electron chi connectivity index (χ2n) is 10.3. The maximum absolute atomic E-state index is 14.2. The highest BCUT2D eigenvalue weighted by Gasteiger charge is 2.43. The van der Waals surface area contributed by atoms with Crippen molar-refractivity contribution in [3.8, 4) is 0 Å². The zero-order chi connectivity index (χ0) is 33.7. The van der Waals surface area contributed by atoms with Crippen molar-refractivity contribution in [3.05, 3.63) is 47.7 Å². The summed E-state index contributed by atoms with van der Waals surface area (Å²) in [5.74, 6) is -7.51. The van der Waals surface area contributed by atoms with Crippen molar-refractivity contribution in [1.29, 1.82) is 0 Å². The molecule has 0 aromatic carbocycles. The van der Waals surface area contributed by atoms with Gasteiger partial charge in [0.2, 0.25) is 5.92 Å². The Hall–Kier alpha value is -3.75. The van der Waals surface area contributed by atoms with Gasteiger partial charge in [-0.3, -0.25) is 9.48 Å². The fourth-order valence-corrected chi connectivity index (χ4v) is 5.31. The number of halogens is 4. The van der Waals surface area contributed by atoms with E-state index in [-0.39, 0.29) is 30.8 Å². The monoisotopic (exact) mass is 585 g/mol. The number of hydrogen-bond acceptors (Lipinski definition) is 6. The summed E-state index contributed by atoms with van der Waals surface area (Å²) in [5, 5.41) is 12.9. The topological polar surface area (TPSA) is 119 Å². The summed E-state index contributed by atoms with van der Waals surface area (Å²) < 4.78 is 102. The Balaban J connectivity index is 1.49. The first kappa shape index (κ1) is 22.9. The minimum Gasteiger partial charge on any atom is -0.382 e. The number of urea groups is 1. The van der Waals surface area contributed by atoms with Crippen molar-refractivity contribution < 1.29 is 38.7 Å². The van der Waals surface area contributed by atoms with E-state index >= 15 is 0 Å². The van der Waals surface area contributed by atoms with Crippen LogP contribution in [0.4, 0.5) is 22.4 Å². The maximum Gasteiger partial charge on any atom is 0.318 e. The zero-order valence-corrected chi connectivity index (χ0v) is 22.0. The Morgan fingerprint density at radius 1 is 1.29 bits per heavy atom. The lowest BCUT2D eigenvalue weighted by Gasteiger charge is -2.38. The van der Waals surface area contributed by atoms with Gasteiger partial charge in [0.1, 0.15) is 5.69 Å². The van der Waals surface area contributed by atoms with Crippen LogP contribution in [0.25, 0.3) is 5.65 Å². The van der Waals surface area contributed by atoms with Gasteiger partial charge in [0.15, 0.2) is 5.65 Å². The SMILES string of the molecule is [2H]C([2H])([2H])C([2H])([2H])n1nccc1C(=O)N[C@H](c1cn2ncc([C@@H](COC)N3CC(F)(F)CNC3=O)cc2n1)C1CCC(F)(F)CC1. The van der Waals surface area contributed by atoms with Gasteiger partial charge in [0, 0.05) is 42.3 Å². The number of carbonyl (C=O) groups excluding carboxylic acids is 2. The molecule has 2 N–H and O–H groups in total. The number of aromatic nitrogens is 5. The number of nitrogens with one attached hydrogen (secondary N) is 2. The molecule has 3 aromatic heterocycles. The smallest absolute Gasteiger partial charge is 0.318 e. The van der Waals surface area contributed by atoms with E-state index in [0.29, 0.717) is 10.2 Å². The first-order valence-corrected chi connectivity index (χ1v) is 12.9. The molecular weight excluding hydrogens is 548 g/mol. The zero-order valence-electron chi connectivity index (χ0n) is 27.0. The van der Waals surface area contributed by atoms with E-state index in [2.05, 4.69) is 25.8 Å². The summed E-state index contributed by atoms with van der Waals surface area (Å²) >= 11 is 0. The molecule has 4 heterocycles. The van der Waals surface area contributed by atoms with E-state index in [1.165, 1.54) is 30.1 Å². The minimum atomic E-state index is -3.18. The highest BCUT2D eigenvalue weighted by atomic mass is 19.3. The van der Waals surface area contributed by atoms with Crippen molar-refractivity contribution >= 4 is 17.6 Å². The van der Waals surface area contributed by atoms with E-state index in [4.69, 9.17) is 11.6 Å². The number of alkyl halides is 4. The number of rotatable bonds is 9. The van der Waals surface area contributed by atoms with E-state index < -0.39 is 86.8 Å². The summed E-state index contributed by atoms with van der Waals surface area (Å²) in [6.07, 6.45) is 3.01. The average Bonchev–Trinajstić information content (AvgIpc) is 3.63. The third kappa shape index (κ3) is 6.14. The quantitative estimate of drug-likeness (QED) is 0.371. The summed E-state index contributed by atoms with van der Waals surface area (Å²) in [4.78, 5) is 31.5. The predicted molar refractivity (Wildman–Crippen MR) is 138 cm³/mol. The molecule has 5 rings (SSSR count). The molecule has 15 heteroatoms. The van der Waals surface area contributed by atoms with Crippen LogP contribution < -0.4 is 10.6 Å². The number of fused-ring (bicyclic) bond motifs is 1. The molecular formula is C26H32F4N8O3. The molecule has 0 spiro atoms. The molecule has 2 atom stereocenters. The summed E-state index contributed by atoms with van der Waals surface area (Å²) in [6, 6.07) is -0.0152. The van der Waals surface area contributed by atoms with Gasteiger partial charge < -0.3 is 20.3 Å². The molecule has 1 aliphatic heterocycles. The van der Waals surface area contributed by atoms with Crippen molar-refractivity contribution in [1.82, 2.24) is 39.9 Å². The molecule has 0 bridgehead atoms. The van der Waals surface area contributed by atoms with Crippen LogP contribution in [0.15, 0.2) is 30.7 Å². The van der Waals surface area contributed by atoms with Crippen molar-refractivity contribution in [2.45, 2.75) is 63.0 Å². The number of hydrogen-bond donors (Lipinski definition) is 2. The lowest BCUT2D eigenvalue weighted by atomic mass is 9.81. The lowest BCUT2D eigenvalue weighted by Crippen LogP contribution is -2.58. The third-order valence-corrected chi connectivity index (χ3v) is 7.43. The van der Waals surface area contributed by atoms with Crippen molar-refractivity contribution in [2.24, 2.45) is 5.92 Å². The predicted octanol–water partition coefficient (Wildman–Crippen LogP) is 3.59. The highest BCUT2D eigenvalue weighted by Crippen LogP contribution is 2.41. The van der Waals surface area contributed by atoms with E-state index in [0.717, 1.165) is 17.2 Å². The Kier molecular flexibility index (Phi) is 6.28. The number of ether oxygens (including phenoxy) is 1. The van der Waals surface area contributed by atoms with Crippen LogP contribution in [-0.4, -0.2) is 79.9 Å². The second kappa shape index (κ2) is 11.3. The first-order chi connectivity index (χ1) is 21.4. The molecule has 2 aliphatic rings. The highest BCUT2D eigenvalue weighted by molar-refractivity contribution is 5.92. The minimum absolute atomic E-state index is 0.00799. The standard InChI is InChI=1S/C26H32F4N8O3/c1-3-37-19(6-9-32-37)23(39)35-22(16-4-7-25(27,28)8-5-16)18-12-38-21(34-18)10-17(11-33-38)20(13-41-2)36-15-26(29,30)14-31-24(36)40/h6,9-12,16,20,22H,3-5,7-8,13-15H2,1-2H3,(H,31,40)(H,35,39)/t20-,22+/m1/s1/i1D3,3D2. The summed E-state index contributed by atoms with van der Waals surface area (Å²) in [7, 11) is 1.35. The summed E-state index contributed by atoms with van der Waals surface area (Å²) in [5.41, 5.74) is 0.328. The van der Waals surface area contributed by atoms with Crippen LogP contribution >= 0.6 is 0 Å². The molecule has 2 fully saturated rings. The molecule has 11 nitrogen and oxygen atoms in total. The Bertz CT molecular complexity index is 1590. The molecule has 3 aromatic rings. The normalized spacial score (nSPS) is 23.0. The van der Waals surface area contributed by atoms with Crippen molar-refractivity contribution in [2.75, 3.05) is 26.8 Å². The number of imidazole rings is 1. The molecule has 3 amide bonds. The third-order valence-electron chi connectivity index (χ3n) is 7.43. The Morgan fingerprint density at radius 3 is 2.80 bits per heavy atom. The fraction of sp³-hybridized carbons (Fsp3) is 0.577. The van der Waals surface area contributed by atoms with Crippen molar-refractivity contribution in [3.63, 3.8) is 0 Å². The van der Waals surface area contributed by atoms with Crippen LogP contribution in [0.1, 0.15) is 73.2 Å². The molecule has 1 aliphatic carbocycles. The number of aryl methyl sites for hydroxylation is 1. The number of amides is 3. The fourth-order valence-electron chi connectivity index (χ4n) is 5.31. The first-order valence-electron chi connectivity index (χ1n) is 15.4. The molecule has 1 saturated heterocycles. The van der Waals surface area contributed by atoms with Gasteiger partial charge in [-0.15, -0.1) is 0 Å². The number of carbonyl (C=O) groups is 2. The van der Waals surface area contributed by atoms with Gasteiger partial charge in [0.05, 0.1) is 52.6 Å². The lowest BCUT2D eigenvalue weighted by molar-refractivity contribution is -0.0510. The van der Waals surface area contributed by atoms with Crippen LogP contribution in [0.2, 0.25) is 0 Å². The maximum atomic E-state index is 14.2. The van der Waals surface area contributed by atoms with Gasteiger partial charge in [-0.25, -0.2) is 31.9 Å². The molecule has 222 valence electrons. The van der Waals surface area contributed by atoms with Gasteiger partial charge in [-0.05, 0) is 37.7 Å². The average molecular weight is 586 g/mol.